The van der Waals surface area contributed by atoms with E-state index in [1.807, 2.05) is 44.2 Å². The first-order chi connectivity index (χ1) is 12.2. The molecule has 0 unspecified atom stereocenters. The summed E-state index contributed by atoms with van der Waals surface area (Å²) < 4.78 is 5.61. The van der Waals surface area contributed by atoms with Crippen molar-refractivity contribution in [2.24, 2.45) is 11.8 Å². The van der Waals surface area contributed by atoms with Crippen LogP contribution in [0.2, 0.25) is 0 Å². The SMILES string of the molecule is CC(C)COC(=O)[C@@H]1[C@H](c2ccccc2)C[C@@](C)(O)C[C@]12NNC(=S)N2. The van der Waals surface area contributed by atoms with Gasteiger partial charge in [0.25, 0.3) is 0 Å². The van der Waals surface area contributed by atoms with Crippen molar-refractivity contribution in [1.29, 1.82) is 0 Å². The van der Waals surface area contributed by atoms with Gasteiger partial charge in [-0.25, -0.2) is 5.43 Å². The van der Waals surface area contributed by atoms with Crippen molar-refractivity contribution in [1.82, 2.24) is 16.2 Å². The Kier molecular flexibility index (Phi) is 5.23. The maximum absolute atomic E-state index is 13.1. The number of ether oxygens (including phenoxy) is 1. The number of aliphatic hydroxyl groups is 1. The fraction of sp³-hybridized carbons (Fsp3) is 0.579. The van der Waals surface area contributed by atoms with Crippen LogP contribution in [0.5, 0.6) is 0 Å². The summed E-state index contributed by atoms with van der Waals surface area (Å²) in [4.78, 5) is 13.1. The molecule has 1 aliphatic carbocycles. The number of benzene rings is 1. The minimum atomic E-state index is -0.961. The molecule has 3 rings (SSSR count). The van der Waals surface area contributed by atoms with Gasteiger partial charge < -0.3 is 15.2 Å². The summed E-state index contributed by atoms with van der Waals surface area (Å²) in [5, 5.41) is 14.5. The highest BCUT2D eigenvalue weighted by molar-refractivity contribution is 7.80. The molecule has 1 aromatic carbocycles. The van der Waals surface area contributed by atoms with E-state index in [1.165, 1.54) is 0 Å². The number of rotatable bonds is 4. The van der Waals surface area contributed by atoms with Crippen molar-refractivity contribution in [3.63, 3.8) is 0 Å². The molecule has 142 valence electrons. The molecule has 1 saturated carbocycles. The molecule has 6 nitrogen and oxygen atoms in total. The van der Waals surface area contributed by atoms with Crippen LogP contribution in [-0.4, -0.2) is 34.1 Å². The second-order valence-corrected chi connectivity index (χ2v) is 8.48. The van der Waals surface area contributed by atoms with Crippen LogP contribution in [-0.2, 0) is 9.53 Å². The Morgan fingerprint density at radius 3 is 2.65 bits per heavy atom. The summed E-state index contributed by atoms with van der Waals surface area (Å²) in [6.45, 7) is 6.17. The van der Waals surface area contributed by atoms with Gasteiger partial charge in [0, 0.05) is 12.3 Å². The molecule has 0 amide bonds. The number of hydrogen-bond acceptors (Lipinski definition) is 5. The molecule has 0 aromatic heterocycles. The predicted octanol–water partition coefficient (Wildman–Crippen LogP) is 1.81. The van der Waals surface area contributed by atoms with Gasteiger partial charge in [-0.3, -0.25) is 10.2 Å². The van der Waals surface area contributed by atoms with E-state index in [2.05, 4.69) is 16.2 Å². The van der Waals surface area contributed by atoms with Gasteiger partial charge in [-0.15, -0.1) is 0 Å². The molecule has 26 heavy (non-hydrogen) atoms. The summed E-state index contributed by atoms with van der Waals surface area (Å²) >= 11 is 5.23. The van der Waals surface area contributed by atoms with Crippen LogP contribution < -0.4 is 16.2 Å². The van der Waals surface area contributed by atoms with Crippen LogP contribution >= 0.6 is 12.2 Å². The monoisotopic (exact) mass is 377 g/mol. The Balaban J connectivity index is 2.01. The van der Waals surface area contributed by atoms with E-state index in [0.717, 1.165) is 5.56 Å². The maximum atomic E-state index is 13.1. The van der Waals surface area contributed by atoms with Gasteiger partial charge >= 0.3 is 5.97 Å². The lowest BCUT2D eigenvalue weighted by Crippen LogP contribution is -2.67. The third kappa shape index (κ3) is 3.84. The van der Waals surface area contributed by atoms with Crippen molar-refractivity contribution < 1.29 is 14.6 Å². The fourth-order valence-corrected chi connectivity index (χ4v) is 4.34. The number of esters is 1. The normalized spacial score (nSPS) is 33.8. The molecule has 7 heteroatoms. The Morgan fingerprint density at radius 1 is 1.38 bits per heavy atom. The summed E-state index contributed by atoms with van der Waals surface area (Å²) in [5.41, 5.74) is 5.17. The zero-order valence-electron chi connectivity index (χ0n) is 15.4. The van der Waals surface area contributed by atoms with Crippen LogP contribution in [0, 0.1) is 11.8 Å². The molecule has 1 aromatic rings. The third-order valence-corrected chi connectivity index (χ3v) is 5.23. The van der Waals surface area contributed by atoms with Gasteiger partial charge in [0.15, 0.2) is 5.11 Å². The van der Waals surface area contributed by atoms with Crippen LogP contribution in [0.3, 0.4) is 0 Å². The Morgan fingerprint density at radius 2 is 2.08 bits per heavy atom. The quantitative estimate of drug-likeness (QED) is 0.471. The fourth-order valence-electron chi connectivity index (χ4n) is 4.11. The first-order valence-electron chi connectivity index (χ1n) is 9.02. The molecule has 1 heterocycles. The zero-order chi connectivity index (χ0) is 18.9. The number of hydrazine groups is 1. The highest BCUT2D eigenvalue weighted by atomic mass is 32.1. The Hall–Kier alpha value is -1.70. The lowest BCUT2D eigenvalue weighted by Gasteiger charge is -2.49. The lowest BCUT2D eigenvalue weighted by molar-refractivity contribution is -0.160. The Labute approximate surface area is 159 Å². The first-order valence-corrected chi connectivity index (χ1v) is 9.42. The molecule has 0 radical (unpaired) electrons. The molecule has 4 atom stereocenters. The van der Waals surface area contributed by atoms with Gasteiger partial charge in [0.2, 0.25) is 0 Å². The zero-order valence-corrected chi connectivity index (χ0v) is 16.2. The minimum absolute atomic E-state index is 0.206. The van der Waals surface area contributed by atoms with E-state index in [4.69, 9.17) is 17.0 Å². The second kappa shape index (κ2) is 7.13. The molecule has 1 aliphatic heterocycles. The number of carbonyl (C=O) groups excluding carboxylic acids is 1. The van der Waals surface area contributed by atoms with E-state index in [9.17, 15) is 9.90 Å². The molecule has 4 N–H and O–H groups in total. The van der Waals surface area contributed by atoms with Crippen LogP contribution in [0.25, 0.3) is 0 Å². The third-order valence-electron chi connectivity index (χ3n) is 5.03. The minimum Gasteiger partial charge on any atom is -0.465 e. The van der Waals surface area contributed by atoms with Crippen molar-refractivity contribution in [2.45, 2.75) is 50.8 Å². The number of nitrogens with one attached hydrogen (secondary N) is 3. The number of hydrogen-bond donors (Lipinski definition) is 4. The van der Waals surface area contributed by atoms with Crippen molar-refractivity contribution in [2.75, 3.05) is 6.61 Å². The summed E-state index contributed by atoms with van der Waals surface area (Å²) in [5.74, 6) is -0.769. The number of carbonyl (C=O) groups is 1. The molecule has 1 spiro atoms. The van der Waals surface area contributed by atoms with Crippen molar-refractivity contribution in [3.05, 3.63) is 35.9 Å². The highest BCUT2D eigenvalue weighted by Gasteiger charge is 2.58. The van der Waals surface area contributed by atoms with E-state index in [0.29, 0.717) is 24.6 Å². The molecular formula is C19H27N3O3S. The maximum Gasteiger partial charge on any atom is 0.313 e. The highest BCUT2D eigenvalue weighted by Crippen LogP contribution is 2.47. The molecule has 2 fully saturated rings. The second-order valence-electron chi connectivity index (χ2n) is 8.07. The first kappa shape index (κ1) is 19.1. The smallest absolute Gasteiger partial charge is 0.313 e. The summed E-state index contributed by atoms with van der Waals surface area (Å²) in [7, 11) is 0. The standard InChI is InChI=1S/C19H27N3O3S/c1-12(2)10-25-16(23)15-14(13-7-5-4-6-8-13)9-18(3,24)11-19(15)20-17(26)21-22-19/h4-8,12,14-15,22,24H,9-11H2,1-3H3,(H2,20,21,26)/t14-,15-,18+,19-/m0/s1. The number of thiocarbonyl (C=S) groups is 1. The largest absolute Gasteiger partial charge is 0.465 e. The van der Waals surface area contributed by atoms with Gasteiger partial charge in [-0.1, -0.05) is 44.2 Å². The summed E-state index contributed by atoms with van der Waals surface area (Å²) in [6, 6.07) is 9.81. The predicted molar refractivity (Wildman–Crippen MR) is 103 cm³/mol. The molecular weight excluding hydrogens is 350 g/mol. The Bertz CT molecular complexity index is 680. The van der Waals surface area contributed by atoms with Crippen LogP contribution in [0.1, 0.15) is 45.1 Å². The van der Waals surface area contributed by atoms with Crippen molar-refractivity contribution in [3.8, 4) is 0 Å². The lowest BCUT2D eigenvalue weighted by atomic mass is 9.64. The molecule has 1 saturated heterocycles. The average Bonchev–Trinajstić information content (AvgIpc) is 2.92. The summed E-state index contributed by atoms with van der Waals surface area (Å²) in [6.07, 6.45) is 0.800. The van der Waals surface area contributed by atoms with Gasteiger partial charge in [0.05, 0.1) is 12.2 Å². The van der Waals surface area contributed by atoms with E-state index < -0.39 is 17.2 Å². The molecule has 0 bridgehead atoms. The van der Waals surface area contributed by atoms with Gasteiger partial charge in [-0.05, 0) is 37.0 Å². The van der Waals surface area contributed by atoms with Gasteiger partial charge in [-0.2, -0.15) is 0 Å². The van der Waals surface area contributed by atoms with Gasteiger partial charge in [0.1, 0.15) is 11.6 Å². The van der Waals surface area contributed by atoms with E-state index in [-0.39, 0.29) is 17.8 Å². The molecule has 2 aliphatic rings. The topological polar surface area (TPSA) is 82.6 Å². The van der Waals surface area contributed by atoms with Crippen LogP contribution in [0.4, 0.5) is 0 Å². The van der Waals surface area contributed by atoms with Crippen LogP contribution in [0.15, 0.2) is 30.3 Å². The van der Waals surface area contributed by atoms with Crippen molar-refractivity contribution >= 4 is 23.3 Å². The van der Waals surface area contributed by atoms with E-state index in [1.54, 1.807) is 6.92 Å². The average molecular weight is 378 g/mol. The van der Waals surface area contributed by atoms with E-state index >= 15 is 0 Å².